The molecule has 4 nitrogen and oxygen atoms in total. The second-order valence-electron chi connectivity index (χ2n) is 5.81. The molecule has 3 rings (SSSR count). The maximum Gasteiger partial charge on any atom is 0.248 e. The summed E-state index contributed by atoms with van der Waals surface area (Å²) < 4.78 is 11.2. The van der Waals surface area contributed by atoms with Crippen LogP contribution in [0.1, 0.15) is 18.4 Å². The van der Waals surface area contributed by atoms with Gasteiger partial charge in [-0.05, 0) is 54.8 Å². The number of nitrogens with one attached hydrogen (secondary N) is 1. The highest BCUT2D eigenvalue weighted by Crippen LogP contribution is 2.19. The van der Waals surface area contributed by atoms with Crippen molar-refractivity contribution < 1.29 is 14.3 Å². The van der Waals surface area contributed by atoms with Gasteiger partial charge >= 0.3 is 0 Å². The number of anilines is 1. The van der Waals surface area contributed by atoms with Gasteiger partial charge in [-0.2, -0.15) is 0 Å². The molecule has 1 aliphatic rings. The van der Waals surface area contributed by atoms with E-state index in [1.54, 1.807) is 12.1 Å². The quantitative estimate of drug-likeness (QED) is 0.771. The molecule has 25 heavy (non-hydrogen) atoms. The highest BCUT2D eigenvalue weighted by Gasteiger charge is 2.15. The Morgan fingerprint density at radius 1 is 1.24 bits per heavy atom. The van der Waals surface area contributed by atoms with Gasteiger partial charge in [0.25, 0.3) is 0 Å². The molecule has 130 valence electrons. The Labute approximate surface area is 152 Å². The van der Waals surface area contributed by atoms with Gasteiger partial charge in [-0.3, -0.25) is 4.79 Å². The van der Waals surface area contributed by atoms with Crippen molar-refractivity contribution >= 4 is 29.3 Å². The highest BCUT2D eigenvalue weighted by atomic mass is 35.5. The Balaban J connectivity index is 1.50. The molecule has 1 amide bonds. The molecule has 1 N–H and O–H groups in total. The molecule has 0 spiro atoms. The van der Waals surface area contributed by atoms with Crippen LogP contribution in [0.2, 0.25) is 5.02 Å². The SMILES string of the molecule is O=C(/C=C/c1ccccc1Cl)Nc1ccc(OCC2CCCO2)cc1. The van der Waals surface area contributed by atoms with Gasteiger partial charge in [0.05, 0.1) is 6.10 Å². The van der Waals surface area contributed by atoms with E-state index < -0.39 is 0 Å². The van der Waals surface area contributed by atoms with Crippen LogP contribution in [0.5, 0.6) is 5.75 Å². The number of carbonyl (C=O) groups is 1. The van der Waals surface area contributed by atoms with Crippen LogP contribution in [0.3, 0.4) is 0 Å². The second-order valence-corrected chi connectivity index (χ2v) is 6.22. The number of hydrogen-bond acceptors (Lipinski definition) is 3. The van der Waals surface area contributed by atoms with Crippen molar-refractivity contribution in [3.05, 3.63) is 65.2 Å². The maximum atomic E-state index is 12.0. The molecule has 0 radical (unpaired) electrons. The second kappa shape index (κ2) is 8.70. The van der Waals surface area contributed by atoms with Gasteiger partial charge in [-0.1, -0.05) is 29.8 Å². The average molecular weight is 358 g/mol. The fourth-order valence-electron chi connectivity index (χ4n) is 2.56. The molecule has 2 aromatic carbocycles. The minimum absolute atomic E-state index is 0.189. The van der Waals surface area contributed by atoms with Gasteiger partial charge in [0.15, 0.2) is 0 Å². The van der Waals surface area contributed by atoms with Crippen molar-refractivity contribution in [3.8, 4) is 5.75 Å². The number of rotatable bonds is 6. The van der Waals surface area contributed by atoms with E-state index in [-0.39, 0.29) is 12.0 Å². The van der Waals surface area contributed by atoms with Crippen molar-refractivity contribution in [3.63, 3.8) is 0 Å². The van der Waals surface area contributed by atoms with Gasteiger partial charge in [-0.25, -0.2) is 0 Å². The summed E-state index contributed by atoms with van der Waals surface area (Å²) in [5.74, 6) is 0.549. The largest absolute Gasteiger partial charge is 0.491 e. The molecule has 1 saturated heterocycles. The van der Waals surface area contributed by atoms with Crippen LogP contribution in [0.25, 0.3) is 6.08 Å². The van der Waals surface area contributed by atoms with Gasteiger partial charge in [0.2, 0.25) is 5.91 Å². The maximum absolute atomic E-state index is 12.0. The van der Waals surface area contributed by atoms with E-state index in [9.17, 15) is 4.79 Å². The zero-order valence-corrected chi connectivity index (χ0v) is 14.5. The third-order valence-corrected chi connectivity index (χ3v) is 4.25. The third-order valence-electron chi connectivity index (χ3n) is 3.90. The lowest BCUT2D eigenvalue weighted by atomic mass is 10.2. The zero-order chi connectivity index (χ0) is 17.5. The Morgan fingerprint density at radius 2 is 2.04 bits per heavy atom. The van der Waals surface area contributed by atoms with Crippen molar-refractivity contribution in [2.45, 2.75) is 18.9 Å². The topological polar surface area (TPSA) is 47.6 Å². The molecule has 5 heteroatoms. The van der Waals surface area contributed by atoms with E-state index in [2.05, 4.69) is 5.32 Å². The number of ether oxygens (including phenoxy) is 2. The van der Waals surface area contributed by atoms with E-state index in [4.69, 9.17) is 21.1 Å². The Hall–Kier alpha value is -2.30. The van der Waals surface area contributed by atoms with E-state index in [0.29, 0.717) is 17.3 Å². The first-order valence-electron chi connectivity index (χ1n) is 8.29. The van der Waals surface area contributed by atoms with E-state index >= 15 is 0 Å². The van der Waals surface area contributed by atoms with E-state index in [0.717, 1.165) is 30.8 Å². The first kappa shape index (κ1) is 17.5. The molecule has 1 atom stereocenters. The number of hydrogen-bond donors (Lipinski definition) is 1. The lowest BCUT2D eigenvalue weighted by Crippen LogP contribution is -2.16. The molecule has 2 aromatic rings. The van der Waals surface area contributed by atoms with Gasteiger partial charge in [-0.15, -0.1) is 0 Å². The summed E-state index contributed by atoms with van der Waals surface area (Å²) in [4.78, 5) is 12.0. The number of amides is 1. The van der Waals surface area contributed by atoms with Crippen LogP contribution in [0.15, 0.2) is 54.6 Å². The third kappa shape index (κ3) is 5.34. The minimum atomic E-state index is -0.215. The first-order chi connectivity index (χ1) is 12.2. The normalized spacial score (nSPS) is 16.9. The lowest BCUT2D eigenvalue weighted by Gasteiger charge is -2.11. The number of benzene rings is 2. The summed E-state index contributed by atoms with van der Waals surface area (Å²) in [6.07, 6.45) is 5.49. The van der Waals surface area contributed by atoms with Gasteiger partial charge < -0.3 is 14.8 Å². The summed E-state index contributed by atoms with van der Waals surface area (Å²) in [5, 5.41) is 3.42. The molecule has 1 aliphatic heterocycles. The molecule has 0 aromatic heterocycles. The Kier molecular flexibility index (Phi) is 6.09. The summed E-state index contributed by atoms with van der Waals surface area (Å²) in [7, 11) is 0. The van der Waals surface area contributed by atoms with Crippen LogP contribution in [-0.4, -0.2) is 25.2 Å². The van der Waals surface area contributed by atoms with E-state index in [1.807, 2.05) is 42.5 Å². The molecule has 0 saturated carbocycles. The zero-order valence-electron chi connectivity index (χ0n) is 13.8. The summed E-state index contributed by atoms with van der Waals surface area (Å²) in [5.41, 5.74) is 1.51. The van der Waals surface area contributed by atoms with Crippen LogP contribution in [0.4, 0.5) is 5.69 Å². The van der Waals surface area contributed by atoms with Crippen molar-refractivity contribution in [1.82, 2.24) is 0 Å². The van der Waals surface area contributed by atoms with Crippen LogP contribution < -0.4 is 10.1 Å². The molecule has 0 aliphatic carbocycles. The predicted octanol–water partition coefficient (Wildman–Crippen LogP) is 4.55. The monoisotopic (exact) mass is 357 g/mol. The predicted molar refractivity (Wildman–Crippen MR) is 100 cm³/mol. The lowest BCUT2D eigenvalue weighted by molar-refractivity contribution is -0.111. The molecule has 0 bridgehead atoms. The van der Waals surface area contributed by atoms with Gasteiger partial charge in [0, 0.05) is 23.4 Å². The van der Waals surface area contributed by atoms with Crippen molar-refractivity contribution in [2.24, 2.45) is 0 Å². The van der Waals surface area contributed by atoms with Crippen molar-refractivity contribution in [1.29, 1.82) is 0 Å². The van der Waals surface area contributed by atoms with Crippen molar-refractivity contribution in [2.75, 3.05) is 18.5 Å². The minimum Gasteiger partial charge on any atom is -0.491 e. The number of carbonyl (C=O) groups excluding carboxylic acids is 1. The molecule has 1 unspecified atom stereocenters. The molecular weight excluding hydrogens is 338 g/mol. The highest BCUT2D eigenvalue weighted by molar-refractivity contribution is 6.32. The summed E-state index contributed by atoms with van der Waals surface area (Å²) >= 11 is 6.06. The molecular formula is C20H20ClNO3. The fraction of sp³-hybridized carbons (Fsp3) is 0.250. The smallest absolute Gasteiger partial charge is 0.248 e. The summed E-state index contributed by atoms with van der Waals surface area (Å²) in [6, 6.07) is 14.7. The first-order valence-corrected chi connectivity index (χ1v) is 8.66. The number of halogens is 1. The van der Waals surface area contributed by atoms with Crippen LogP contribution >= 0.6 is 11.6 Å². The van der Waals surface area contributed by atoms with Crippen LogP contribution in [0, 0.1) is 0 Å². The fourth-order valence-corrected chi connectivity index (χ4v) is 2.76. The van der Waals surface area contributed by atoms with E-state index in [1.165, 1.54) is 6.08 Å². The van der Waals surface area contributed by atoms with Crippen LogP contribution in [-0.2, 0) is 9.53 Å². The van der Waals surface area contributed by atoms with Gasteiger partial charge in [0.1, 0.15) is 12.4 Å². The summed E-state index contributed by atoms with van der Waals surface area (Å²) in [6.45, 7) is 1.38. The standard InChI is InChI=1S/C20H20ClNO3/c21-19-6-2-1-4-15(19)7-12-20(23)22-16-8-10-17(11-9-16)25-14-18-5-3-13-24-18/h1-2,4,6-12,18H,3,5,13-14H2,(H,22,23)/b12-7+. The molecule has 1 fully saturated rings. The Bertz CT molecular complexity index is 737. The molecule has 1 heterocycles. The average Bonchev–Trinajstić information content (AvgIpc) is 3.14. The Morgan fingerprint density at radius 3 is 2.76 bits per heavy atom.